The summed E-state index contributed by atoms with van der Waals surface area (Å²) in [6.45, 7) is 6.84. The summed E-state index contributed by atoms with van der Waals surface area (Å²) in [5.74, 6) is -0.552. The lowest BCUT2D eigenvalue weighted by atomic mass is 10.0. The first-order valence-corrected chi connectivity index (χ1v) is 34.4. The molecule has 0 radical (unpaired) electrons. The summed E-state index contributed by atoms with van der Waals surface area (Å²) in [5, 5.41) is 3.05. The highest BCUT2D eigenvalue weighted by Gasteiger charge is 2.30. The van der Waals surface area contributed by atoms with Crippen LogP contribution in [0.4, 0.5) is 0 Å². The number of ether oxygens (including phenoxy) is 1. The Hall–Kier alpha value is -3.59. The zero-order valence-electron chi connectivity index (χ0n) is 53.0. The van der Waals surface area contributed by atoms with Crippen LogP contribution in [-0.2, 0) is 27.9 Å². The molecule has 464 valence electrons. The molecule has 9 nitrogen and oxygen atoms in total. The topological polar surface area (TPSA) is 111 Å². The summed E-state index contributed by atoms with van der Waals surface area (Å²) in [5.41, 5.74) is 0. The van der Waals surface area contributed by atoms with Gasteiger partial charge in [-0.15, -0.1) is 0 Å². The number of phosphoric acid groups is 1. The zero-order chi connectivity index (χ0) is 59.3. The highest BCUT2D eigenvalue weighted by Crippen LogP contribution is 2.43. The van der Waals surface area contributed by atoms with Crippen LogP contribution in [0.3, 0.4) is 0 Å². The number of rotatable bonds is 58. The van der Waals surface area contributed by atoms with Crippen LogP contribution in [0.25, 0.3) is 0 Å². The van der Waals surface area contributed by atoms with Gasteiger partial charge in [-0.3, -0.25) is 18.6 Å². The summed E-state index contributed by atoms with van der Waals surface area (Å²) in [6, 6.07) is -0.875. The first-order chi connectivity index (χ1) is 39.4. The second-order valence-electron chi connectivity index (χ2n) is 22.9. The minimum atomic E-state index is -4.47. The van der Waals surface area contributed by atoms with Crippen LogP contribution in [-0.4, -0.2) is 74.3 Å². The van der Waals surface area contributed by atoms with E-state index in [1.807, 2.05) is 33.3 Å². The van der Waals surface area contributed by atoms with Crippen molar-refractivity contribution in [1.82, 2.24) is 5.32 Å². The molecule has 0 fully saturated rings. The number of nitrogens with one attached hydrogen (secondary N) is 1. The van der Waals surface area contributed by atoms with Crippen LogP contribution >= 0.6 is 7.82 Å². The van der Waals surface area contributed by atoms with Gasteiger partial charge in [-0.05, 0) is 122 Å². The maximum Gasteiger partial charge on any atom is 0.472 e. The average molecular weight is 1150 g/mol. The summed E-state index contributed by atoms with van der Waals surface area (Å²) in [7, 11) is 1.46. The van der Waals surface area contributed by atoms with Crippen LogP contribution in [0, 0.1) is 0 Å². The first kappa shape index (κ1) is 77.4. The van der Waals surface area contributed by atoms with E-state index in [1.165, 1.54) is 83.5 Å². The molecule has 10 heteroatoms. The molecule has 0 aliphatic heterocycles. The lowest BCUT2D eigenvalue weighted by molar-refractivity contribution is -0.870. The van der Waals surface area contributed by atoms with Crippen LogP contribution in [0.15, 0.2) is 122 Å². The Morgan fingerprint density at radius 3 is 1.21 bits per heavy atom. The molecule has 81 heavy (non-hydrogen) atoms. The zero-order valence-corrected chi connectivity index (χ0v) is 53.9. The minimum absolute atomic E-state index is 0.0269. The number of quaternary nitrogens is 1. The SMILES string of the molecule is CC/C=C\C/C=C\C/C=C\C/C=C\C/C=C\C/C=C\CCCCCCCCC(=O)NC(COP(=O)(O)OCC[N+](C)(C)C)C(/C=C\CCCCCCCCCCCCC)OC(=O)CCCCCC/C=C\C/C=C\C/C=C\CCCCC. The Kier molecular flexibility index (Phi) is 56.9. The molecule has 2 N–H and O–H groups in total. The van der Waals surface area contributed by atoms with E-state index in [-0.39, 0.29) is 31.5 Å². The number of likely N-dealkylation sites (N-methyl/N-ethyl adjacent to an activating group) is 1. The number of phosphoric ester groups is 1. The molecule has 0 aromatic heterocycles. The molecular formula is C71H124N2O7P+. The fourth-order valence-electron chi connectivity index (χ4n) is 8.83. The monoisotopic (exact) mass is 1150 g/mol. The summed E-state index contributed by atoms with van der Waals surface area (Å²) in [4.78, 5) is 37.8. The van der Waals surface area contributed by atoms with Gasteiger partial charge in [-0.2, -0.15) is 0 Å². The smallest absolute Gasteiger partial charge is 0.456 e. The van der Waals surface area contributed by atoms with E-state index in [0.29, 0.717) is 23.9 Å². The maximum atomic E-state index is 13.6. The second-order valence-corrected chi connectivity index (χ2v) is 24.4. The predicted octanol–water partition coefficient (Wildman–Crippen LogP) is 20.7. The maximum absolute atomic E-state index is 13.6. The molecule has 0 rings (SSSR count). The number of nitrogens with zero attached hydrogens (tertiary/aromatic N) is 1. The molecule has 0 aromatic carbocycles. The number of hydrogen-bond donors (Lipinski definition) is 2. The van der Waals surface area contributed by atoms with E-state index < -0.39 is 20.0 Å². The number of hydrogen-bond acceptors (Lipinski definition) is 6. The van der Waals surface area contributed by atoms with E-state index in [9.17, 15) is 19.0 Å². The van der Waals surface area contributed by atoms with Crippen molar-refractivity contribution in [2.75, 3.05) is 40.9 Å². The third-order valence-corrected chi connectivity index (χ3v) is 14.9. The molecule has 3 unspecified atom stereocenters. The molecule has 0 saturated heterocycles. The van der Waals surface area contributed by atoms with Crippen molar-refractivity contribution in [3.63, 3.8) is 0 Å². The van der Waals surface area contributed by atoms with Crippen LogP contribution < -0.4 is 5.32 Å². The van der Waals surface area contributed by atoms with Crippen LogP contribution in [0.2, 0.25) is 0 Å². The molecule has 0 spiro atoms. The van der Waals surface area contributed by atoms with Gasteiger partial charge in [-0.25, -0.2) is 4.57 Å². The van der Waals surface area contributed by atoms with Crippen molar-refractivity contribution >= 4 is 19.7 Å². The molecular weight excluding hydrogens is 1020 g/mol. The van der Waals surface area contributed by atoms with Gasteiger partial charge in [-0.1, -0.05) is 252 Å². The van der Waals surface area contributed by atoms with Crippen molar-refractivity contribution in [3.05, 3.63) is 122 Å². The number of carbonyl (C=O) groups excluding carboxylic acids is 2. The van der Waals surface area contributed by atoms with Crippen LogP contribution in [0.5, 0.6) is 0 Å². The molecule has 0 aliphatic carbocycles. The van der Waals surface area contributed by atoms with Gasteiger partial charge >= 0.3 is 13.8 Å². The Morgan fingerprint density at radius 2 is 0.790 bits per heavy atom. The number of carbonyl (C=O) groups is 2. The van der Waals surface area contributed by atoms with Crippen molar-refractivity contribution in [2.45, 2.75) is 277 Å². The molecule has 1 amide bonds. The first-order valence-electron chi connectivity index (χ1n) is 32.9. The number of allylic oxidation sites excluding steroid dienone is 19. The third-order valence-electron chi connectivity index (χ3n) is 13.9. The molecule has 0 saturated carbocycles. The standard InChI is InChI=1S/C71H123N2O7P/c1-7-10-13-16-19-22-25-28-30-32-33-34-35-36-37-38-39-41-42-45-48-51-54-57-60-63-70(74)72-68(67-79-81(76,77)78-66-65-73(4,5)6)69(62-59-56-53-50-47-44-27-24-21-18-15-12-9-3)80-71(75)64-61-58-55-52-49-46-43-40-31-29-26-23-20-17-14-11-8-2/h10,13,19-20,22-23,28-31,33-34,36-37,39,41,43,46,59,62,68-69H,7-9,11-12,14-18,21,24-27,32,35,38,40,42,44-45,47-58,60-61,63-67H2,1-6H3,(H-,72,74,76,77)/p+1/b13-10-,22-19-,23-20-,30-28-,31-29-,34-33-,37-36-,41-39-,46-43-,62-59-. The van der Waals surface area contributed by atoms with E-state index in [1.54, 1.807) is 0 Å². The summed E-state index contributed by atoms with van der Waals surface area (Å²) >= 11 is 0. The third kappa shape index (κ3) is 60.8. The van der Waals surface area contributed by atoms with Gasteiger partial charge in [0, 0.05) is 12.8 Å². The lowest BCUT2D eigenvalue weighted by Gasteiger charge is -2.27. The average Bonchev–Trinajstić information content (AvgIpc) is 3.44. The fraction of sp³-hybridized carbons (Fsp3) is 0.690. The van der Waals surface area contributed by atoms with Crippen molar-refractivity contribution in [1.29, 1.82) is 0 Å². The largest absolute Gasteiger partial charge is 0.472 e. The highest BCUT2D eigenvalue weighted by atomic mass is 31.2. The van der Waals surface area contributed by atoms with Crippen molar-refractivity contribution in [3.8, 4) is 0 Å². The van der Waals surface area contributed by atoms with Gasteiger partial charge in [0.05, 0.1) is 33.8 Å². The Labute approximate surface area is 499 Å². The normalized spacial score (nSPS) is 14.4. The number of amides is 1. The number of unbranched alkanes of at least 4 members (excludes halogenated alkanes) is 24. The van der Waals surface area contributed by atoms with E-state index in [0.717, 1.165) is 141 Å². The van der Waals surface area contributed by atoms with Gasteiger partial charge in [0.1, 0.15) is 19.3 Å². The quantitative estimate of drug-likeness (QED) is 0.0205. The second kappa shape index (κ2) is 59.6. The molecule has 3 atom stereocenters. The van der Waals surface area contributed by atoms with E-state index in [4.69, 9.17) is 13.8 Å². The Morgan fingerprint density at radius 1 is 0.444 bits per heavy atom. The molecule has 0 heterocycles. The summed E-state index contributed by atoms with van der Waals surface area (Å²) < 4.78 is 30.7. The lowest BCUT2D eigenvalue weighted by Crippen LogP contribution is -2.47. The van der Waals surface area contributed by atoms with Crippen molar-refractivity contribution in [2.24, 2.45) is 0 Å². The Bertz CT molecular complexity index is 1800. The van der Waals surface area contributed by atoms with Gasteiger partial charge in [0.25, 0.3) is 0 Å². The fourth-order valence-corrected chi connectivity index (χ4v) is 9.57. The van der Waals surface area contributed by atoms with Crippen molar-refractivity contribution < 1.29 is 37.3 Å². The Balaban J connectivity index is 5.28. The summed E-state index contributed by atoms with van der Waals surface area (Å²) in [6.07, 6.45) is 83.4. The molecule has 0 aliphatic rings. The van der Waals surface area contributed by atoms with E-state index >= 15 is 0 Å². The molecule has 0 aromatic rings. The van der Waals surface area contributed by atoms with Crippen LogP contribution in [0.1, 0.15) is 265 Å². The minimum Gasteiger partial charge on any atom is -0.456 e. The van der Waals surface area contributed by atoms with Gasteiger partial charge in [0.15, 0.2) is 0 Å². The van der Waals surface area contributed by atoms with Gasteiger partial charge < -0.3 is 19.4 Å². The molecule has 0 bridgehead atoms. The van der Waals surface area contributed by atoms with Gasteiger partial charge in [0.2, 0.25) is 5.91 Å². The number of esters is 1. The highest BCUT2D eigenvalue weighted by molar-refractivity contribution is 7.47. The predicted molar refractivity (Wildman–Crippen MR) is 350 cm³/mol. The van der Waals surface area contributed by atoms with E-state index in [2.05, 4.69) is 135 Å².